The Morgan fingerprint density at radius 3 is 1.80 bits per heavy atom. The summed E-state index contributed by atoms with van der Waals surface area (Å²) in [5, 5.41) is 8.80. The van der Waals surface area contributed by atoms with E-state index in [0.29, 0.717) is 12.5 Å². The molecule has 0 aromatic rings. The van der Waals surface area contributed by atoms with Crippen molar-refractivity contribution in [2.75, 3.05) is 19.8 Å². The van der Waals surface area contributed by atoms with E-state index < -0.39 is 0 Å². The van der Waals surface area contributed by atoms with Crippen molar-refractivity contribution in [2.24, 2.45) is 5.92 Å². The average Bonchev–Trinajstić information content (AvgIpc) is 2.46. The van der Waals surface area contributed by atoms with E-state index in [-0.39, 0.29) is 6.61 Å². The molecule has 0 amide bonds. The zero-order chi connectivity index (χ0) is 14.9. The van der Waals surface area contributed by atoms with Crippen LogP contribution in [0, 0.1) is 5.92 Å². The second-order valence-corrected chi connectivity index (χ2v) is 6.07. The van der Waals surface area contributed by atoms with Crippen LogP contribution < -0.4 is 0 Å². The van der Waals surface area contributed by atoms with Gasteiger partial charge in [-0.15, -0.1) is 0 Å². The van der Waals surface area contributed by atoms with Crippen molar-refractivity contribution in [3.05, 3.63) is 0 Å². The highest BCUT2D eigenvalue weighted by Gasteiger charge is 2.08. The maximum absolute atomic E-state index is 8.80. The highest BCUT2D eigenvalue weighted by atomic mass is 16.5. The SMILES string of the molecule is CCCCCCCCC(CCCCCC)COCCO. The highest BCUT2D eigenvalue weighted by molar-refractivity contribution is 4.60. The molecule has 2 nitrogen and oxygen atoms in total. The van der Waals surface area contributed by atoms with Crippen molar-refractivity contribution in [3.8, 4) is 0 Å². The first-order valence-electron chi connectivity index (χ1n) is 9.03. The number of unbranched alkanes of at least 4 members (excludes halogenated alkanes) is 8. The zero-order valence-electron chi connectivity index (χ0n) is 14.0. The van der Waals surface area contributed by atoms with Crippen LogP contribution in [-0.2, 0) is 4.74 Å². The van der Waals surface area contributed by atoms with Crippen LogP contribution in [-0.4, -0.2) is 24.9 Å². The Morgan fingerprint density at radius 1 is 0.750 bits per heavy atom. The maximum atomic E-state index is 8.80. The number of aliphatic hydroxyl groups is 1. The molecule has 0 aliphatic carbocycles. The molecular weight excluding hydrogens is 248 g/mol. The van der Waals surface area contributed by atoms with Gasteiger partial charge < -0.3 is 9.84 Å². The molecule has 0 spiro atoms. The fourth-order valence-corrected chi connectivity index (χ4v) is 2.70. The van der Waals surface area contributed by atoms with Crippen LogP contribution in [0.3, 0.4) is 0 Å². The summed E-state index contributed by atoms with van der Waals surface area (Å²) < 4.78 is 5.55. The third-order valence-corrected chi connectivity index (χ3v) is 4.02. The standard InChI is InChI=1S/C18H38O2/c1-3-5-7-9-10-12-14-18(17-20-16-15-19)13-11-8-6-4-2/h18-19H,3-17H2,1-2H3. The lowest BCUT2D eigenvalue weighted by Crippen LogP contribution is -2.12. The first-order valence-corrected chi connectivity index (χ1v) is 9.03. The molecule has 0 saturated carbocycles. The smallest absolute Gasteiger partial charge is 0.0697 e. The number of hydrogen-bond acceptors (Lipinski definition) is 2. The number of hydrogen-bond donors (Lipinski definition) is 1. The molecule has 0 rings (SSSR count). The van der Waals surface area contributed by atoms with Gasteiger partial charge in [0.05, 0.1) is 13.2 Å². The van der Waals surface area contributed by atoms with Crippen molar-refractivity contribution < 1.29 is 9.84 Å². The lowest BCUT2D eigenvalue weighted by atomic mass is 9.95. The molecule has 1 unspecified atom stereocenters. The Bertz CT molecular complexity index is 171. The van der Waals surface area contributed by atoms with Gasteiger partial charge in [-0.1, -0.05) is 78.1 Å². The van der Waals surface area contributed by atoms with Gasteiger partial charge in [0.1, 0.15) is 0 Å². The molecule has 122 valence electrons. The zero-order valence-corrected chi connectivity index (χ0v) is 14.0. The predicted molar refractivity (Wildman–Crippen MR) is 88.1 cm³/mol. The Morgan fingerprint density at radius 2 is 1.25 bits per heavy atom. The average molecular weight is 286 g/mol. The lowest BCUT2D eigenvalue weighted by molar-refractivity contribution is 0.0620. The van der Waals surface area contributed by atoms with E-state index in [1.807, 2.05) is 0 Å². The van der Waals surface area contributed by atoms with Crippen molar-refractivity contribution in [2.45, 2.75) is 90.9 Å². The van der Waals surface area contributed by atoms with E-state index in [0.717, 1.165) is 6.61 Å². The van der Waals surface area contributed by atoms with Gasteiger partial charge in [-0.3, -0.25) is 0 Å². The van der Waals surface area contributed by atoms with E-state index in [4.69, 9.17) is 9.84 Å². The van der Waals surface area contributed by atoms with Crippen molar-refractivity contribution >= 4 is 0 Å². The van der Waals surface area contributed by atoms with Crippen molar-refractivity contribution in [1.82, 2.24) is 0 Å². The minimum Gasteiger partial charge on any atom is -0.394 e. The number of ether oxygens (including phenoxy) is 1. The fraction of sp³-hybridized carbons (Fsp3) is 1.00. The molecule has 0 saturated heterocycles. The fourth-order valence-electron chi connectivity index (χ4n) is 2.70. The summed E-state index contributed by atoms with van der Waals surface area (Å²) in [5.74, 6) is 0.713. The second kappa shape index (κ2) is 17.0. The number of rotatable bonds is 16. The third-order valence-electron chi connectivity index (χ3n) is 4.02. The Hall–Kier alpha value is -0.0800. The molecule has 0 heterocycles. The summed E-state index contributed by atoms with van der Waals surface area (Å²) in [6.45, 7) is 6.03. The quantitative estimate of drug-likeness (QED) is 0.388. The van der Waals surface area contributed by atoms with Gasteiger partial charge in [-0.25, -0.2) is 0 Å². The Balaban J connectivity index is 3.62. The van der Waals surface area contributed by atoms with Crippen LogP contribution in [0.2, 0.25) is 0 Å². The summed E-state index contributed by atoms with van der Waals surface area (Å²) in [7, 11) is 0. The van der Waals surface area contributed by atoms with Gasteiger partial charge in [0.2, 0.25) is 0 Å². The molecule has 2 heteroatoms. The van der Waals surface area contributed by atoms with Gasteiger partial charge >= 0.3 is 0 Å². The highest BCUT2D eigenvalue weighted by Crippen LogP contribution is 2.19. The summed E-state index contributed by atoms with van der Waals surface area (Å²) in [5.41, 5.74) is 0. The minimum absolute atomic E-state index is 0.152. The van der Waals surface area contributed by atoms with Gasteiger partial charge in [-0.05, 0) is 18.8 Å². The van der Waals surface area contributed by atoms with E-state index in [1.165, 1.54) is 77.0 Å². The summed E-state index contributed by atoms with van der Waals surface area (Å²) in [6.07, 6.45) is 16.2. The van der Waals surface area contributed by atoms with Crippen molar-refractivity contribution in [3.63, 3.8) is 0 Å². The van der Waals surface area contributed by atoms with Gasteiger partial charge in [0, 0.05) is 6.61 Å². The molecule has 0 fully saturated rings. The summed E-state index contributed by atoms with van der Waals surface area (Å²) in [6, 6.07) is 0. The van der Waals surface area contributed by atoms with E-state index in [2.05, 4.69) is 13.8 Å². The first kappa shape index (κ1) is 19.9. The molecule has 20 heavy (non-hydrogen) atoms. The monoisotopic (exact) mass is 286 g/mol. The van der Waals surface area contributed by atoms with E-state index >= 15 is 0 Å². The Kier molecular flexibility index (Phi) is 16.9. The van der Waals surface area contributed by atoms with Gasteiger partial charge in [0.15, 0.2) is 0 Å². The van der Waals surface area contributed by atoms with Crippen LogP contribution in [0.5, 0.6) is 0 Å². The molecule has 1 N–H and O–H groups in total. The normalized spacial score (nSPS) is 12.8. The molecule has 1 atom stereocenters. The molecule has 0 radical (unpaired) electrons. The summed E-state index contributed by atoms with van der Waals surface area (Å²) in [4.78, 5) is 0. The Labute approximate surface area is 127 Å². The molecule has 0 aromatic carbocycles. The minimum atomic E-state index is 0.152. The molecule has 0 aromatic heterocycles. The summed E-state index contributed by atoms with van der Waals surface area (Å²) >= 11 is 0. The molecule has 0 aliphatic rings. The van der Waals surface area contributed by atoms with Crippen molar-refractivity contribution in [1.29, 1.82) is 0 Å². The topological polar surface area (TPSA) is 29.5 Å². The van der Waals surface area contributed by atoms with E-state index in [9.17, 15) is 0 Å². The largest absolute Gasteiger partial charge is 0.394 e. The van der Waals surface area contributed by atoms with Crippen LogP contribution >= 0.6 is 0 Å². The molecule has 0 bridgehead atoms. The van der Waals surface area contributed by atoms with E-state index in [1.54, 1.807) is 0 Å². The van der Waals surface area contributed by atoms with Crippen LogP contribution in [0.1, 0.15) is 90.9 Å². The molecular formula is C18H38O2. The van der Waals surface area contributed by atoms with Crippen LogP contribution in [0.25, 0.3) is 0 Å². The third kappa shape index (κ3) is 14.3. The molecule has 0 aliphatic heterocycles. The van der Waals surface area contributed by atoms with Crippen LogP contribution in [0.4, 0.5) is 0 Å². The first-order chi connectivity index (χ1) is 9.85. The maximum Gasteiger partial charge on any atom is 0.0697 e. The second-order valence-electron chi connectivity index (χ2n) is 6.07. The van der Waals surface area contributed by atoms with Gasteiger partial charge in [-0.2, -0.15) is 0 Å². The van der Waals surface area contributed by atoms with Gasteiger partial charge in [0.25, 0.3) is 0 Å². The predicted octanol–water partition coefficient (Wildman–Crippen LogP) is 5.33. The lowest BCUT2D eigenvalue weighted by Gasteiger charge is -2.17. The number of aliphatic hydroxyl groups excluding tert-OH is 1. The van der Waals surface area contributed by atoms with Crippen LogP contribution in [0.15, 0.2) is 0 Å².